The van der Waals surface area contributed by atoms with Crippen LogP contribution in [0.15, 0.2) is 29.3 Å². The topological polar surface area (TPSA) is 282 Å². The maximum atomic E-state index is 13.4. The van der Waals surface area contributed by atoms with Crippen molar-refractivity contribution in [2.24, 2.45) is 27.9 Å². The molecule has 0 fully saturated rings. The fourth-order valence-electron chi connectivity index (χ4n) is 3.68. The molecule has 40 heavy (non-hydrogen) atoms. The number of aliphatic hydroxyl groups is 1. The highest BCUT2D eigenvalue weighted by atomic mass is 16.4. The molecule has 1 aromatic carbocycles. The highest BCUT2D eigenvalue weighted by Gasteiger charge is 2.31. The number of amides is 3. The Morgan fingerprint density at radius 1 is 0.900 bits per heavy atom. The molecule has 0 heterocycles. The third-order valence-electron chi connectivity index (χ3n) is 5.94. The van der Waals surface area contributed by atoms with Gasteiger partial charge in [0.15, 0.2) is 12.0 Å². The molecule has 1 aromatic rings. The van der Waals surface area contributed by atoms with Crippen LogP contribution in [0.4, 0.5) is 0 Å². The number of carbonyl (C=O) groups excluding carboxylic acids is 3. The van der Waals surface area contributed by atoms with Gasteiger partial charge in [0.05, 0.1) is 12.1 Å². The Bertz CT molecular complexity index is 999. The van der Waals surface area contributed by atoms with E-state index in [9.17, 15) is 34.5 Å². The van der Waals surface area contributed by atoms with Gasteiger partial charge in [-0.1, -0.05) is 18.6 Å². The van der Waals surface area contributed by atoms with Gasteiger partial charge in [0, 0.05) is 13.0 Å². The number of carbonyl (C=O) groups is 4. The van der Waals surface area contributed by atoms with Crippen LogP contribution < -0.4 is 38.9 Å². The van der Waals surface area contributed by atoms with Gasteiger partial charge in [-0.15, -0.1) is 0 Å². The summed E-state index contributed by atoms with van der Waals surface area (Å²) in [6.07, 6.45) is 0.485. The first kappa shape index (κ1) is 34.1. The van der Waals surface area contributed by atoms with Gasteiger partial charge >= 0.3 is 5.97 Å². The Hall–Kier alpha value is -3.95. The average Bonchev–Trinajstić information content (AvgIpc) is 2.88. The molecule has 0 aromatic heterocycles. The molecular weight excluding hydrogens is 524 g/mol. The lowest BCUT2D eigenvalue weighted by Gasteiger charge is -2.26. The molecule has 5 unspecified atom stereocenters. The molecule has 224 valence electrons. The van der Waals surface area contributed by atoms with E-state index in [0.29, 0.717) is 31.4 Å². The molecule has 1 rings (SSSR count). The van der Waals surface area contributed by atoms with Crippen molar-refractivity contribution < 1.29 is 34.5 Å². The zero-order valence-corrected chi connectivity index (χ0v) is 22.6. The number of nitrogens with zero attached hydrogens (tertiary/aromatic N) is 1. The summed E-state index contributed by atoms with van der Waals surface area (Å²) in [6.45, 7) is 1.78. The van der Waals surface area contributed by atoms with Crippen LogP contribution in [0, 0.1) is 0 Å². The van der Waals surface area contributed by atoms with Crippen LogP contribution in [-0.4, -0.2) is 88.3 Å². The molecule has 0 radical (unpaired) electrons. The highest BCUT2D eigenvalue weighted by molar-refractivity contribution is 5.94. The van der Waals surface area contributed by atoms with Crippen LogP contribution in [0.25, 0.3) is 0 Å². The number of phenols is 1. The standard InChI is InChI=1S/C25H42N8O7/c1-14(34)20(24(39)40)33-22(37)18(6-4-12-30-25(28)29)31-23(38)19(13-15-7-9-16(35)10-8-15)32-21(36)17(27)5-2-3-11-26/h7-10,14,17-20,34-35H,2-6,11-13,26-27H2,1H3,(H,31,38)(H,32,36)(H,33,37)(H,39,40)(H4,28,29,30). The molecule has 0 aliphatic carbocycles. The number of aromatic hydroxyl groups is 1. The van der Waals surface area contributed by atoms with Crippen molar-refractivity contribution in [2.45, 2.75) is 75.7 Å². The molecule has 0 spiro atoms. The molecule has 0 bridgehead atoms. The largest absolute Gasteiger partial charge is 0.508 e. The number of nitrogens with two attached hydrogens (primary N) is 4. The summed E-state index contributed by atoms with van der Waals surface area (Å²) >= 11 is 0. The predicted octanol–water partition coefficient (Wildman–Crippen LogP) is -2.64. The van der Waals surface area contributed by atoms with E-state index in [4.69, 9.17) is 22.9 Å². The monoisotopic (exact) mass is 566 g/mol. The lowest BCUT2D eigenvalue weighted by atomic mass is 10.0. The van der Waals surface area contributed by atoms with Crippen molar-refractivity contribution in [2.75, 3.05) is 13.1 Å². The number of nitrogens with one attached hydrogen (secondary N) is 3. The molecule has 15 nitrogen and oxygen atoms in total. The molecule has 0 aliphatic heterocycles. The summed E-state index contributed by atoms with van der Waals surface area (Å²) in [5.74, 6) is -3.79. The summed E-state index contributed by atoms with van der Waals surface area (Å²) in [6, 6.07) is 1.05. The summed E-state index contributed by atoms with van der Waals surface area (Å²) in [5, 5.41) is 36.1. The first-order valence-electron chi connectivity index (χ1n) is 13.0. The normalized spacial score (nSPS) is 14.6. The number of benzene rings is 1. The summed E-state index contributed by atoms with van der Waals surface area (Å²) in [4.78, 5) is 54.5. The zero-order chi connectivity index (χ0) is 30.2. The maximum absolute atomic E-state index is 13.4. The van der Waals surface area contributed by atoms with Crippen molar-refractivity contribution >= 4 is 29.7 Å². The van der Waals surface area contributed by atoms with Gasteiger partial charge in [-0.25, -0.2) is 4.79 Å². The van der Waals surface area contributed by atoms with Gasteiger partial charge in [-0.3, -0.25) is 19.4 Å². The van der Waals surface area contributed by atoms with Gasteiger partial charge in [-0.05, 0) is 56.8 Å². The van der Waals surface area contributed by atoms with Crippen LogP contribution in [0.2, 0.25) is 0 Å². The number of aliphatic carboxylic acids is 1. The molecule has 0 saturated carbocycles. The zero-order valence-electron chi connectivity index (χ0n) is 22.6. The minimum atomic E-state index is -1.62. The summed E-state index contributed by atoms with van der Waals surface area (Å²) < 4.78 is 0. The number of phenolic OH excluding ortho intramolecular Hbond substituents is 1. The number of carboxylic acid groups (broad SMARTS) is 1. The second-order valence-electron chi connectivity index (χ2n) is 9.40. The van der Waals surface area contributed by atoms with E-state index >= 15 is 0 Å². The molecule has 14 N–H and O–H groups in total. The minimum absolute atomic E-state index is 0.00113. The Labute approximate surface area is 232 Å². The number of hydrogen-bond acceptors (Lipinski definition) is 9. The van der Waals surface area contributed by atoms with Gasteiger partial charge in [0.1, 0.15) is 17.8 Å². The van der Waals surface area contributed by atoms with E-state index < -0.39 is 54.0 Å². The molecule has 0 aliphatic rings. The fourth-order valence-corrected chi connectivity index (χ4v) is 3.68. The smallest absolute Gasteiger partial charge is 0.328 e. The van der Waals surface area contributed by atoms with Crippen LogP contribution in [-0.2, 0) is 25.6 Å². The third-order valence-corrected chi connectivity index (χ3v) is 5.94. The van der Waals surface area contributed by atoms with E-state index in [2.05, 4.69) is 20.9 Å². The van der Waals surface area contributed by atoms with Gasteiger partial charge in [0.25, 0.3) is 0 Å². The molecule has 0 saturated heterocycles. The van der Waals surface area contributed by atoms with Crippen molar-refractivity contribution in [3.05, 3.63) is 29.8 Å². The van der Waals surface area contributed by atoms with E-state index in [1.54, 1.807) is 12.1 Å². The minimum Gasteiger partial charge on any atom is -0.508 e. The van der Waals surface area contributed by atoms with Gasteiger partial charge in [0.2, 0.25) is 17.7 Å². The van der Waals surface area contributed by atoms with Crippen molar-refractivity contribution in [3.63, 3.8) is 0 Å². The second-order valence-corrected chi connectivity index (χ2v) is 9.40. The summed E-state index contributed by atoms with van der Waals surface area (Å²) in [7, 11) is 0. The Balaban J connectivity index is 3.16. The van der Waals surface area contributed by atoms with Crippen molar-refractivity contribution in [1.82, 2.24) is 16.0 Å². The van der Waals surface area contributed by atoms with E-state index in [1.165, 1.54) is 19.1 Å². The van der Waals surface area contributed by atoms with Crippen LogP contribution in [0.1, 0.15) is 44.6 Å². The lowest BCUT2D eigenvalue weighted by molar-refractivity contribution is -0.145. The first-order valence-corrected chi connectivity index (χ1v) is 13.0. The average molecular weight is 567 g/mol. The number of carboxylic acids is 1. The fraction of sp³-hybridized carbons (Fsp3) is 0.560. The van der Waals surface area contributed by atoms with E-state index in [0.717, 1.165) is 0 Å². The lowest BCUT2D eigenvalue weighted by Crippen LogP contribution is -2.58. The number of hydrogen-bond donors (Lipinski definition) is 10. The number of guanidine groups is 1. The first-order chi connectivity index (χ1) is 18.8. The third kappa shape index (κ3) is 12.7. The number of unbranched alkanes of at least 4 members (excludes halogenated alkanes) is 1. The number of aliphatic hydroxyl groups excluding tert-OH is 1. The van der Waals surface area contributed by atoms with Crippen LogP contribution in [0.5, 0.6) is 5.75 Å². The van der Waals surface area contributed by atoms with E-state index in [1.807, 2.05) is 0 Å². The second kappa shape index (κ2) is 17.6. The van der Waals surface area contributed by atoms with E-state index in [-0.39, 0.29) is 37.5 Å². The molecule has 3 amide bonds. The number of aliphatic imine (C=N–C) groups is 1. The molecule has 15 heteroatoms. The predicted molar refractivity (Wildman–Crippen MR) is 148 cm³/mol. The summed E-state index contributed by atoms with van der Waals surface area (Å²) in [5.41, 5.74) is 22.7. The van der Waals surface area contributed by atoms with Gasteiger partial charge in [-0.2, -0.15) is 0 Å². The molecular formula is C25H42N8O7. The Morgan fingerprint density at radius 2 is 1.50 bits per heavy atom. The Kier molecular flexibility index (Phi) is 15.0. The molecule has 5 atom stereocenters. The SMILES string of the molecule is CC(O)C(NC(=O)C(CCCN=C(N)N)NC(=O)C(Cc1ccc(O)cc1)NC(=O)C(N)CCCCN)C(=O)O. The van der Waals surface area contributed by atoms with Crippen LogP contribution >= 0.6 is 0 Å². The van der Waals surface area contributed by atoms with Gasteiger partial charge < -0.3 is 54.2 Å². The Morgan fingerprint density at radius 3 is 2.05 bits per heavy atom. The van der Waals surface area contributed by atoms with Crippen molar-refractivity contribution in [3.8, 4) is 5.75 Å². The van der Waals surface area contributed by atoms with Crippen LogP contribution in [0.3, 0.4) is 0 Å². The van der Waals surface area contributed by atoms with Crippen molar-refractivity contribution in [1.29, 1.82) is 0 Å². The highest BCUT2D eigenvalue weighted by Crippen LogP contribution is 2.12. The number of rotatable bonds is 18. The maximum Gasteiger partial charge on any atom is 0.328 e. The quantitative estimate of drug-likeness (QED) is 0.0498.